The van der Waals surface area contributed by atoms with Gasteiger partial charge in [0.05, 0.1) is 0 Å². The van der Waals surface area contributed by atoms with Crippen molar-refractivity contribution in [3.63, 3.8) is 0 Å². The van der Waals surface area contributed by atoms with E-state index < -0.39 is 6.22 Å². The van der Waals surface area contributed by atoms with Gasteiger partial charge in [-0.15, -0.1) is 4.39 Å². The van der Waals surface area contributed by atoms with E-state index in [1.54, 1.807) is 19.1 Å². The van der Waals surface area contributed by atoms with Crippen LogP contribution in [0.5, 0.6) is 5.75 Å². The van der Waals surface area contributed by atoms with Gasteiger partial charge in [-0.25, -0.2) is 4.79 Å². The lowest BCUT2D eigenvalue weighted by molar-refractivity contribution is 0.175. The molecule has 0 unspecified atom stereocenters. The summed E-state index contributed by atoms with van der Waals surface area (Å²) in [5.74, 6) is 0.280. The summed E-state index contributed by atoms with van der Waals surface area (Å²) in [6.07, 6.45) is -1.77. The van der Waals surface area contributed by atoms with Crippen molar-refractivity contribution in [3.05, 3.63) is 29.3 Å². The number of halogens is 1. The first-order valence-electron chi connectivity index (χ1n) is 3.55. The predicted octanol–water partition coefficient (Wildman–Crippen LogP) is 2.77. The third-order valence-corrected chi connectivity index (χ3v) is 1.75. The average Bonchev–Trinajstić information content (AvgIpc) is 1.98. The summed E-state index contributed by atoms with van der Waals surface area (Å²) in [5, 5.41) is 0. The van der Waals surface area contributed by atoms with Gasteiger partial charge in [0.2, 0.25) is 0 Å². The van der Waals surface area contributed by atoms with Crippen molar-refractivity contribution >= 4 is 6.22 Å². The maximum atomic E-state index is 11.8. The van der Waals surface area contributed by atoms with Crippen molar-refractivity contribution in [2.24, 2.45) is 0 Å². The van der Waals surface area contributed by atoms with E-state index in [-0.39, 0.29) is 5.75 Å². The van der Waals surface area contributed by atoms with Crippen LogP contribution in [-0.2, 0) is 0 Å². The highest BCUT2D eigenvalue weighted by atomic mass is 19.1. The topological polar surface area (TPSA) is 26.3 Å². The number of rotatable bonds is 1. The van der Waals surface area contributed by atoms with Gasteiger partial charge in [-0.3, -0.25) is 0 Å². The van der Waals surface area contributed by atoms with E-state index in [0.29, 0.717) is 0 Å². The van der Waals surface area contributed by atoms with Crippen LogP contribution >= 0.6 is 0 Å². The molecule has 0 saturated carbocycles. The van der Waals surface area contributed by atoms with Gasteiger partial charge in [0.25, 0.3) is 0 Å². The van der Waals surface area contributed by atoms with Crippen LogP contribution < -0.4 is 4.74 Å². The van der Waals surface area contributed by atoms with Crippen molar-refractivity contribution in [1.82, 2.24) is 0 Å². The largest absolute Gasteiger partial charge is 0.500 e. The van der Waals surface area contributed by atoms with Gasteiger partial charge in [0.15, 0.2) is 0 Å². The summed E-state index contributed by atoms with van der Waals surface area (Å²) in [5.41, 5.74) is 1.75. The molecule has 0 spiro atoms. The van der Waals surface area contributed by atoms with Crippen molar-refractivity contribution in [2.45, 2.75) is 13.8 Å². The zero-order chi connectivity index (χ0) is 9.14. The van der Waals surface area contributed by atoms with Crippen LogP contribution in [0.4, 0.5) is 9.18 Å². The van der Waals surface area contributed by atoms with Gasteiger partial charge in [0, 0.05) is 0 Å². The molecule has 2 nitrogen and oxygen atoms in total. The van der Waals surface area contributed by atoms with Crippen molar-refractivity contribution in [3.8, 4) is 5.75 Å². The summed E-state index contributed by atoms with van der Waals surface area (Å²) in [7, 11) is 0. The lowest BCUT2D eigenvalue weighted by Gasteiger charge is -2.04. The first-order chi connectivity index (χ1) is 5.61. The number of hydrogen-bond donors (Lipinski definition) is 0. The Kier molecular flexibility index (Phi) is 2.43. The van der Waals surface area contributed by atoms with Gasteiger partial charge in [-0.2, -0.15) is 0 Å². The Morgan fingerprint density at radius 2 is 2.08 bits per heavy atom. The minimum absolute atomic E-state index is 0.280. The minimum Gasteiger partial charge on any atom is -0.401 e. The molecule has 3 heteroatoms. The van der Waals surface area contributed by atoms with Crippen LogP contribution in [0.1, 0.15) is 11.1 Å². The predicted molar refractivity (Wildman–Crippen MR) is 43.0 cm³/mol. The van der Waals surface area contributed by atoms with E-state index in [2.05, 4.69) is 4.74 Å². The molecular formula is C9H9FO2. The van der Waals surface area contributed by atoms with Gasteiger partial charge in [-0.1, -0.05) is 12.1 Å². The third kappa shape index (κ3) is 1.81. The molecule has 12 heavy (non-hydrogen) atoms. The average molecular weight is 168 g/mol. The Morgan fingerprint density at radius 1 is 1.42 bits per heavy atom. The Morgan fingerprint density at radius 3 is 2.67 bits per heavy atom. The highest BCUT2D eigenvalue weighted by Crippen LogP contribution is 2.20. The molecule has 0 heterocycles. The maximum absolute atomic E-state index is 11.8. The highest BCUT2D eigenvalue weighted by Gasteiger charge is 2.05. The molecule has 0 N–H and O–H groups in total. The summed E-state index contributed by atoms with van der Waals surface area (Å²) < 4.78 is 16.2. The molecule has 1 rings (SSSR count). The normalized spacial score (nSPS) is 9.58. The van der Waals surface area contributed by atoms with Crippen LogP contribution in [0.15, 0.2) is 18.2 Å². The third-order valence-electron chi connectivity index (χ3n) is 1.75. The summed E-state index contributed by atoms with van der Waals surface area (Å²) >= 11 is 0. The summed E-state index contributed by atoms with van der Waals surface area (Å²) in [4.78, 5) is 9.99. The lowest BCUT2D eigenvalue weighted by Crippen LogP contribution is -1.99. The van der Waals surface area contributed by atoms with E-state index in [0.717, 1.165) is 11.1 Å². The monoisotopic (exact) mass is 168 g/mol. The molecule has 0 atom stereocenters. The van der Waals surface area contributed by atoms with Crippen LogP contribution in [0.3, 0.4) is 0 Å². The van der Waals surface area contributed by atoms with E-state index in [1.165, 1.54) is 0 Å². The standard InChI is InChI=1S/C9H9FO2/c1-6-4-3-5-8(7(6)2)12-9(10)11/h3-5H,1-2H3. The Balaban J connectivity index is 3.00. The van der Waals surface area contributed by atoms with Gasteiger partial charge >= 0.3 is 6.22 Å². The second kappa shape index (κ2) is 3.34. The summed E-state index contributed by atoms with van der Waals surface area (Å²) in [6.45, 7) is 3.64. The number of hydrogen-bond acceptors (Lipinski definition) is 2. The fourth-order valence-electron chi connectivity index (χ4n) is 0.921. The number of benzene rings is 1. The highest BCUT2D eigenvalue weighted by molar-refractivity contribution is 5.63. The quantitative estimate of drug-likeness (QED) is 0.602. The molecule has 0 radical (unpaired) electrons. The van der Waals surface area contributed by atoms with E-state index >= 15 is 0 Å². The molecule has 0 fully saturated rings. The maximum Gasteiger partial charge on any atom is 0.500 e. The smallest absolute Gasteiger partial charge is 0.401 e. The molecule has 0 bridgehead atoms. The van der Waals surface area contributed by atoms with Gasteiger partial charge in [0.1, 0.15) is 5.75 Å². The molecule has 0 amide bonds. The molecule has 0 aromatic heterocycles. The van der Waals surface area contributed by atoms with Crippen LogP contribution in [0, 0.1) is 13.8 Å². The van der Waals surface area contributed by atoms with Crippen LogP contribution in [-0.4, -0.2) is 6.22 Å². The first-order valence-corrected chi connectivity index (χ1v) is 3.55. The zero-order valence-corrected chi connectivity index (χ0v) is 6.93. The molecular weight excluding hydrogens is 159 g/mol. The number of carbonyl (C=O) groups is 1. The van der Waals surface area contributed by atoms with E-state index in [4.69, 9.17) is 0 Å². The Hall–Kier alpha value is -1.38. The van der Waals surface area contributed by atoms with Crippen LogP contribution in [0.25, 0.3) is 0 Å². The molecule has 0 aliphatic heterocycles. The molecule has 64 valence electrons. The van der Waals surface area contributed by atoms with Crippen molar-refractivity contribution in [1.29, 1.82) is 0 Å². The number of ether oxygens (including phenoxy) is 1. The Bertz CT molecular complexity index is 307. The zero-order valence-electron chi connectivity index (χ0n) is 6.93. The van der Waals surface area contributed by atoms with Gasteiger partial charge < -0.3 is 4.74 Å². The molecule has 0 aliphatic carbocycles. The minimum atomic E-state index is -1.77. The Labute approximate surface area is 70.0 Å². The second-order valence-corrected chi connectivity index (χ2v) is 2.54. The molecule has 0 aliphatic rings. The number of carbonyl (C=O) groups excluding carboxylic acids is 1. The van der Waals surface area contributed by atoms with Crippen molar-refractivity contribution in [2.75, 3.05) is 0 Å². The molecule has 1 aromatic carbocycles. The number of aryl methyl sites for hydroxylation is 1. The second-order valence-electron chi connectivity index (χ2n) is 2.54. The first kappa shape index (κ1) is 8.71. The SMILES string of the molecule is Cc1cccc(OC(=O)F)c1C. The van der Waals surface area contributed by atoms with Crippen LogP contribution in [0.2, 0.25) is 0 Å². The summed E-state index contributed by atoms with van der Waals surface area (Å²) in [6, 6.07) is 5.13. The fourth-order valence-corrected chi connectivity index (χ4v) is 0.921. The fraction of sp³-hybridized carbons (Fsp3) is 0.222. The van der Waals surface area contributed by atoms with E-state index in [9.17, 15) is 9.18 Å². The molecule has 0 saturated heterocycles. The van der Waals surface area contributed by atoms with E-state index in [1.807, 2.05) is 13.0 Å². The van der Waals surface area contributed by atoms with Gasteiger partial charge in [-0.05, 0) is 31.0 Å². The lowest BCUT2D eigenvalue weighted by atomic mass is 10.1. The molecule has 1 aromatic rings. The van der Waals surface area contributed by atoms with Crippen molar-refractivity contribution < 1.29 is 13.9 Å².